The van der Waals surface area contributed by atoms with Gasteiger partial charge in [0.25, 0.3) is 0 Å². The van der Waals surface area contributed by atoms with E-state index in [1.807, 2.05) is 13.2 Å². The fourth-order valence-electron chi connectivity index (χ4n) is 2.11. The average molecular weight is 260 g/mol. The van der Waals surface area contributed by atoms with E-state index in [4.69, 9.17) is 0 Å². The van der Waals surface area contributed by atoms with Crippen LogP contribution < -0.4 is 0 Å². The molecule has 0 radical (unpaired) electrons. The third kappa shape index (κ3) is 2.63. The molecule has 0 bridgehead atoms. The Bertz CT molecular complexity index is 595. The number of nitrogens with zero attached hydrogens (tertiary/aromatic N) is 2. The number of hydrogen-bond donors (Lipinski definition) is 2. The summed E-state index contributed by atoms with van der Waals surface area (Å²) in [7, 11) is 1.87. The summed E-state index contributed by atoms with van der Waals surface area (Å²) in [5.41, 5.74) is 3.20. The number of aliphatic hydroxyl groups is 1. The van der Waals surface area contributed by atoms with Gasteiger partial charge in [0.05, 0.1) is 12.3 Å². The van der Waals surface area contributed by atoms with Crippen molar-refractivity contribution in [3.05, 3.63) is 35.5 Å². The molecule has 1 aromatic carbocycles. The first kappa shape index (κ1) is 13.6. The number of phenols is 1. The molecule has 4 heteroatoms. The quantitative estimate of drug-likeness (QED) is 0.872. The minimum atomic E-state index is -0.0642. The molecule has 2 N–H and O–H groups in total. The molecule has 102 valence electrons. The third-order valence-corrected chi connectivity index (χ3v) is 3.14. The molecule has 0 saturated heterocycles. The van der Waals surface area contributed by atoms with Crippen molar-refractivity contribution in [2.75, 3.05) is 0 Å². The van der Waals surface area contributed by atoms with Gasteiger partial charge in [0, 0.05) is 24.4 Å². The predicted octanol–water partition coefficient (Wildman–Crippen LogP) is 2.58. The third-order valence-electron chi connectivity index (χ3n) is 3.14. The summed E-state index contributed by atoms with van der Waals surface area (Å²) in [4.78, 5) is 0. The molecule has 0 atom stereocenters. The lowest BCUT2D eigenvalue weighted by molar-refractivity contribution is 0.282. The van der Waals surface area contributed by atoms with Gasteiger partial charge in [-0.1, -0.05) is 26.8 Å². The molecule has 1 aromatic heterocycles. The predicted molar refractivity (Wildman–Crippen MR) is 74.9 cm³/mol. The Balaban J connectivity index is 2.65. The molecule has 2 rings (SSSR count). The van der Waals surface area contributed by atoms with Gasteiger partial charge in [-0.05, 0) is 23.1 Å². The Morgan fingerprint density at radius 1 is 1.26 bits per heavy atom. The highest BCUT2D eigenvalue weighted by molar-refractivity contribution is 5.71. The highest BCUT2D eigenvalue weighted by Crippen LogP contribution is 2.36. The van der Waals surface area contributed by atoms with Crippen LogP contribution in [0.4, 0.5) is 0 Å². The van der Waals surface area contributed by atoms with E-state index in [-0.39, 0.29) is 17.8 Å². The number of benzene rings is 1. The standard InChI is InChI=1S/C15H20N2O2/c1-15(2,3)12-8-17(4)16-14(12)11-7-10(9-18)5-6-13(11)19/h5-8,18-19H,9H2,1-4H3. The Morgan fingerprint density at radius 3 is 2.53 bits per heavy atom. The van der Waals surface area contributed by atoms with E-state index < -0.39 is 0 Å². The molecule has 0 saturated carbocycles. The van der Waals surface area contributed by atoms with Crippen molar-refractivity contribution < 1.29 is 10.2 Å². The zero-order valence-electron chi connectivity index (χ0n) is 11.8. The van der Waals surface area contributed by atoms with Crippen molar-refractivity contribution in [2.45, 2.75) is 32.8 Å². The van der Waals surface area contributed by atoms with Crippen molar-refractivity contribution in [1.82, 2.24) is 9.78 Å². The molecule has 0 aliphatic rings. The lowest BCUT2D eigenvalue weighted by Crippen LogP contribution is -2.11. The Morgan fingerprint density at radius 2 is 1.95 bits per heavy atom. The Labute approximate surface area is 113 Å². The fourth-order valence-corrected chi connectivity index (χ4v) is 2.11. The van der Waals surface area contributed by atoms with Gasteiger partial charge >= 0.3 is 0 Å². The smallest absolute Gasteiger partial charge is 0.125 e. The molecule has 0 amide bonds. The summed E-state index contributed by atoms with van der Waals surface area (Å²) in [5.74, 6) is 0.182. The normalized spacial score (nSPS) is 11.8. The molecule has 0 spiro atoms. The topological polar surface area (TPSA) is 58.3 Å². The zero-order chi connectivity index (χ0) is 14.2. The van der Waals surface area contributed by atoms with Crippen LogP contribution in [0, 0.1) is 0 Å². The van der Waals surface area contributed by atoms with Gasteiger partial charge in [-0.25, -0.2) is 0 Å². The van der Waals surface area contributed by atoms with E-state index in [1.54, 1.807) is 22.9 Å². The largest absolute Gasteiger partial charge is 0.507 e. The maximum absolute atomic E-state index is 10.1. The van der Waals surface area contributed by atoms with E-state index in [2.05, 4.69) is 25.9 Å². The van der Waals surface area contributed by atoms with E-state index in [9.17, 15) is 10.2 Å². The average Bonchev–Trinajstić information content (AvgIpc) is 2.72. The second-order valence-electron chi connectivity index (χ2n) is 5.82. The minimum Gasteiger partial charge on any atom is -0.507 e. The molecule has 0 fully saturated rings. The maximum Gasteiger partial charge on any atom is 0.125 e. The SMILES string of the molecule is Cn1cc(C(C)(C)C)c(-c2cc(CO)ccc2O)n1. The lowest BCUT2D eigenvalue weighted by Gasteiger charge is -2.18. The van der Waals surface area contributed by atoms with Gasteiger partial charge in [-0.3, -0.25) is 4.68 Å². The number of aliphatic hydroxyl groups excluding tert-OH is 1. The molecular weight excluding hydrogens is 240 g/mol. The number of aromatic hydroxyl groups is 1. The summed E-state index contributed by atoms with van der Waals surface area (Å²) in [5, 5.41) is 23.7. The summed E-state index contributed by atoms with van der Waals surface area (Å²) < 4.78 is 1.75. The van der Waals surface area contributed by atoms with Gasteiger partial charge in [0.1, 0.15) is 5.75 Å². The number of aromatic nitrogens is 2. The summed E-state index contributed by atoms with van der Waals surface area (Å²) in [6, 6.07) is 5.09. The van der Waals surface area contributed by atoms with Crippen molar-refractivity contribution in [1.29, 1.82) is 0 Å². The lowest BCUT2D eigenvalue weighted by atomic mass is 9.85. The first-order valence-electron chi connectivity index (χ1n) is 6.30. The zero-order valence-corrected chi connectivity index (χ0v) is 11.8. The molecule has 2 aromatic rings. The van der Waals surface area contributed by atoms with Crippen LogP contribution in [0.5, 0.6) is 5.75 Å². The van der Waals surface area contributed by atoms with Gasteiger partial charge in [-0.2, -0.15) is 5.10 Å². The van der Waals surface area contributed by atoms with Crippen molar-refractivity contribution >= 4 is 0 Å². The van der Waals surface area contributed by atoms with Gasteiger partial charge in [-0.15, -0.1) is 0 Å². The van der Waals surface area contributed by atoms with Crippen molar-refractivity contribution in [3.8, 4) is 17.0 Å². The van der Waals surface area contributed by atoms with Crippen LogP contribution in [0.3, 0.4) is 0 Å². The van der Waals surface area contributed by atoms with Crippen LogP contribution >= 0.6 is 0 Å². The summed E-state index contributed by atoms with van der Waals surface area (Å²) in [6.07, 6.45) is 1.97. The Kier molecular flexibility index (Phi) is 3.37. The van der Waals surface area contributed by atoms with E-state index in [0.29, 0.717) is 5.56 Å². The van der Waals surface area contributed by atoms with Crippen molar-refractivity contribution in [3.63, 3.8) is 0 Å². The number of aryl methyl sites for hydroxylation is 1. The van der Waals surface area contributed by atoms with Crippen LogP contribution in [0.15, 0.2) is 24.4 Å². The summed E-state index contributed by atoms with van der Waals surface area (Å²) in [6.45, 7) is 6.28. The monoisotopic (exact) mass is 260 g/mol. The fraction of sp³-hybridized carbons (Fsp3) is 0.400. The highest BCUT2D eigenvalue weighted by Gasteiger charge is 2.23. The van der Waals surface area contributed by atoms with Gasteiger partial charge in [0.15, 0.2) is 0 Å². The van der Waals surface area contributed by atoms with Crippen LogP contribution in [-0.4, -0.2) is 20.0 Å². The Hall–Kier alpha value is -1.81. The molecule has 19 heavy (non-hydrogen) atoms. The molecular formula is C15H20N2O2. The van der Waals surface area contributed by atoms with Crippen LogP contribution in [0.2, 0.25) is 0 Å². The molecule has 1 heterocycles. The second-order valence-corrected chi connectivity index (χ2v) is 5.82. The first-order valence-corrected chi connectivity index (χ1v) is 6.30. The molecule has 0 aliphatic heterocycles. The van der Waals surface area contributed by atoms with Crippen molar-refractivity contribution in [2.24, 2.45) is 7.05 Å². The number of phenolic OH excluding ortho intramolecular Hbond substituents is 1. The maximum atomic E-state index is 10.1. The van der Waals surface area contributed by atoms with Crippen LogP contribution in [0.25, 0.3) is 11.3 Å². The number of hydrogen-bond acceptors (Lipinski definition) is 3. The number of rotatable bonds is 2. The molecule has 0 unspecified atom stereocenters. The summed E-state index contributed by atoms with van der Waals surface area (Å²) >= 11 is 0. The van der Waals surface area contributed by atoms with E-state index >= 15 is 0 Å². The molecule has 4 nitrogen and oxygen atoms in total. The van der Waals surface area contributed by atoms with Crippen LogP contribution in [0.1, 0.15) is 31.9 Å². The van der Waals surface area contributed by atoms with Gasteiger partial charge < -0.3 is 10.2 Å². The highest BCUT2D eigenvalue weighted by atomic mass is 16.3. The van der Waals surface area contributed by atoms with E-state index in [1.165, 1.54) is 0 Å². The first-order chi connectivity index (χ1) is 8.82. The van der Waals surface area contributed by atoms with Gasteiger partial charge in [0.2, 0.25) is 0 Å². The van der Waals surface area contributed by atoms with Crippen LogP contribution in [-0.2, 0) is 19.1 Å². The second kappa shape index (κ2) is 4.70. The van der Waals surface area contributed by atoms with E-state index in [0.717, 1.165) is 16.8 Å². The minimum absolute atomic E-state index is 0.0506. The molecule has 0 aliphatic carbocycles.